The van der Waals surface area contributed by atoms with E-state index in [-0.39, 0.29) is 5.11 Å². The summed E-state index contributed by atoms with van der Waals surface area (Å²) in [4.78, 5) is 0. The second kappa shape index (κ2) is 7.86. The summed E-state index contributed by atoms with van der Waals surface area (Å²) in [5, 5.41) is 1.89. The molecule has 1 aliphatic heterocycles. The number of nitrogens with one attached hydrogen (secondary N) is 3. The van der Waals surface area contributed by atoms with Crippen molar-refractivity contribution in [3.8, 4) is 11.5 Å². The second-order valence-electron chi connectivity index (χ2n) is 5.06. The number of hydrazine groups is 2. The highest BCUT2D eigenvalue weighted by Gasteiger charge is 2.17. The van der Waals surface area contributed by atoms with Crippen LogP contribution in [0.3, 0.4) is 0 Å². The number of hydrogen-bond donors (Lipinski definition) is 4. The maximum absolute atomic E-state index is 5.82. The van der Waals surface area contributed by atoms with Crippen molar-refractivity contribution in [3.63, 3.8) is 0 Å². The minimum Gasteiger partial charge on any atom is -0.486 e. The predicted molar refractivity (Wildman–Crippen MR) is 106 cm³/mol. The molecule has 0 radical (unpaired) electrons. The summed E-state index contributed by atoms with van der Waals surface area (Å²) in [6, 6.07) is 15.0. The molecule has 0 saturated heterocycles. The molecule has 0 atom stereocenters. The molecule has 0 aromatic heterocycles. The molecule has 0 saturated carbocycles. The minimum absolute atomic E-state index is 0.112. The van der Waals surface area contributed by atoms with Crippen LogP contribution in [0.25, 0.3) is 0 Å². The van der Waals surface area contributed by atoms with Gasteiger partial charge in [-0.2, -0.15) is 0 Å². The molecule has 0 spiro atoms. The fraction of sp³-hybridized carbons (Fsp3) is 0.125. The third kappa shape index (κ3) is 4.40. The lowest BCUT2D eigenvalue weighted by Gasteiger charge is -2.27. The molecular formula is C16H17N5O2S2. The average Bonchev–Trinajstić information content (AvgIpc) is 2.64. The third-order valence-corrected chi connectivity index (χ3v) is 3.69. The van der Waals surface area contributed by atoms with Crippen LogP contribution in [0.1, 0.15) is 0 Å². The summed E-state index contributed by atoms with van der Waals surface area (Å²) in [6.45, 7) is 1.03. The van der Waals surface area contributed by atoms with Gasteiger partial charge in [0.1, 0.15) is 13.2 Å². The van der Waals surface area contributed by atoms with Crippen LogP contribution < -0.4 is 36.5 Å². The minimum atomic E-state index is 0.112. The number of ether oxygens (including phenoxy) is 2. The van der Waals surface area contributed by atoms with E-state index in [1.807, 2.05) is 36.4 Å². The van der Waals surface area contributed by atoms with Gasteiger partial charge in [0.2, 0.25) is 5.11 Å². The fourth-order valence-corrected chi connectivity index (χ4v) is 2.49. The summed E-state index contributed by atoms with van der Waals surface area (Å²) in [5.41, 5.74) is 16.2. The highest BCUT2D eigenvalue weighted by atomic mass is 32.1. The van der Waals surface area contributed by atoms with Gasteiger partial charge >= 0.3 is 0 Å². The quantitative estimate of drug-likeness (QED) is 0.475. The molecule has 0 amide bonds. The first kappa shape index (κ1) is 17.1. The molecule has 9 heteroatoms. The van der Waals surface area contributed by atoms with E-state index in [9.17, 15) is 0 Å². The van der Waals surface area contributed by atoms with Gasteiger partial charge in [-0.3, -0.25) is 16.3 Å². The summed E-state index contributed by atoms with van der Waals surface area (Å²) >= 11 is 10.4. The summed E-state index contributed by atoms with van der Waals surface area (Å²) < 4.78 is 11.1. The van der Waals surface area contributed by atoms with Crippen molar-refractivity contribution in [1.29, 1.82) is 0 Å². The number of para-hydroxylation sites is 1. The molecule has 0 aliphatic carbocycles. The lowest BCUT2D eigenvalue weighted by molar-refractivity contribution is 0.171. The zero-order chi connectivity index (χ0) is 17.6. The van der Waals surface area contributed by atoms with Gasteiger partial charge in [-0.05, 0) is 48.7 Å². The monoisotopic (exact) mass is 375 g/mol. The van der Waals surface area contributed by atoms with E-state index in [0.717, 1.165) is 5.69 Å². The Balaban J connectivity index is 1.67. The number of rotatable bonds is 3. The highest BCUT2D eigenvalue weighted by Crippen LogP contribution is 2.33. The predicted octanol–water partition coefficient (Wildman–Crippen LogP) is 1.91. The van der Waals surface area contributed by atoms with E-state index in [1.54, 1.807) is 12.1 Å². The van der Waals surface area contributed by atoms with E-state index in [1.165, 1.54) is 5.01 Å². The zero-order valence-corrected chi connectivity index (χ0v) is 14.8. The van der Waals surface area contributed by atoms with E-state index < -0.39 is 0 Å². The molecule has 0 bridgehead atoms. The zero-order valence-electron chi connectivity index (χ0n) is 13.2. The first-order valence-corrected chi connectivity index (χ1v) is 8.32. The number of fused-ring (bicyclic) bond motifs is 1. The van der Waals surface area contributed by atoms with E-state index >= 15 is 0 Å². The van der Waals surface area contributed by atoms with Crippen molar-refractivity contribution in [2.45, 2.75) is 0 Å². The molecule has 1 heterocycles. The van der Waals surface area contributed by atoms with Gasteiger partial charge in [0.15, 0.2) is 16.6 Å². The van der Waals surface area contributed by atoms with Gasteiger partial charge in [-0.1, -0.05) is 18.2 Å². The van der Waals surface area contributed by atoms with Crippen LogP contribution in [0.15, 0.2) is 48.5 Å². The molecule has 2 aromatic carbocycles. The summed E-state index contributed by atoms with van der Waals surface area (Å²) in [7, 11) is 0. The van der Waals surface area contributed by atoms with Crippen molar-refractivity contribution in [3.05, 3.63) is 48.5 Å². The first-order valence-electron chi connectivity index (χ1n) is 7.50. The smallest absolute Gasteiger partial charge is 0.204 e. The maximum atomic E-state index is 5.82. The van der Waals surface area contributed by atoms with E-state index in [0.29, 0.717) is 35.5 Å². The molecular weight excluding hydrogens is 358 g/mol. The van der Waals surface area contributed by atoms with Gasteiger partial charge < -0.3 is 15.2 Å². The van der Waals surface area contributed by atoms with Gasteiger partial charge in [-0.25, -0.2) is 5.01 Å². The van der Waals surface area contributed by atoms with Crippen molar-refractivity contribution >= 4 is 46.0 Å². The number of anilines is 2. The summed E-state index contributed by atoms with van der Waals surface area (Å²) in [6.07, 6.45) is 0. The van der Waals surface area contributed by atoms with Crippen molar-refractivity contribution < 1.29 is 9.47 Å². The normalized spacial score (nSPS) is 12.0. The molecule has 1 aliphatic rings. The Morgan fingerprint density at radius 1 is 1.00 bits per heavy atom. The van der Waals surface area contributed by atoms with Crippen molar-refractivity contribution in [2.24, 2.45) is 5.73 Å². The van der Waals surface area contributed by atoms with Gasteiger partial charge in [0, 0.05) is 6.07 Å². The fourth-order valence-electron chi connectivity index (χ4n) is 2.20. The Labute approximate surface area is 156 Å². The summed E-state index contributed by atoms with van der Waals surface area (Å²) in [5.74, 6) is 1.32. The largest absolute Gasteiger partial charge is 0.486 e. The van der Waals surface area contributed by atoms with Crippen LogP contribution in [-0.2, 0) is 0 Å². The highest BCUT2D eigenvalue weighted by molar-refractivity contribution is 7.80. The van der Waals surface area contributed by atoms with Crippen LogP contribution in [0.4, 0.5) is 11.4 Å². The number of nitrogens with two attached hydrogens (primary N) is 1. The molecule has 2 aromatic rings. The number of thiocarbonyl (C=S) groups is 2. The molecule has 25 heavy (non-hydrogen) atoms. The van der Waals surface area contributed by atoms with Crippen molar-refractivity contribution in [1.82, 2.24) is 10.9 Å². The first-order chi connectivity index (χ1) is 12.1. The topological polar surface area (TPSA) is 83.8 Å². The number of nitrogens with zero attached hydrogens (tertiary/aromatic N) is 1. The van der Waals surface area contributed by atoms with Crippen LogP contribution >= 0.6 is 24.4 Å². The Kier molecular flexibility index (Phi) is 5.36. The average molecular weight is 375 g/mol. The Bertz CT molecular complexity index is 772. The van der Waals surface area contributed by atoms with Gasteiger partial charge in [-0.15, -0.1) is 0 Å². The van der Waals surface area contributed by atoms with Crippen LogP contribution in [0.5, 0.6) is 11.5 Å². The van der Waals surface area contributed by atoms with Gasteiger partial charge in [0.05, 0.1) is 11.4 Å². The molecule has 0 fully saturated rings. The SMILES string of the molecule is NC(=S)N(NC(=S)NNc1ccccc1)c1ccc2c(c1)OCCO2. The number of hydrogen-bond acceptors (Lipinski definition) is 5. The van der Waals surface area contributed by atoms with E-state index in [2.05, 4.69) is 16.3 Å². The molecule has 130 valence electrons. The Morgan fingerprint density at radius 3 is 2.44 bits per heavy atom. The molecule has 3 rings (SSSR count). The van der Waals surface area contributed by atoms with Crippen LogP contribution in [0, 0.1) is 0 Å². The van der Waals surface area contributed by atoms with Crippen LogP contribution in [-0.4, -0.2) is 23.4 Å². The van der Waals surface area contributed by atoms with Crippen molar-refractivity contribution in [2.75, 3.05) is 23.6 Å². The molecule has 5 N–H and O–H groups in total. The second-order valence-corrected chi connectivity index (χ2v) is 5.89. The van der Waals surface area contributed by atoms with Crippen LogP contribution in [0.2, 0.25) is 0 Å². The molecule has 7 nitrogen and oxygen atoms in total. The standard InChI is InChI=1S/C16H17N5O2S2/c17-15(24)21(12-6-7-13-14(10-12)23-9-8-22-13)20-16(25)19-18-11-4-2-1-3-5-11/h1-7,10,18H,8-9H2,(H2,17,24)(H2,19,20,25). The van der Waals surface area contributed by atoms with E-state index in [4.69, 9.17) is 39.6 Å². The third-order valence-electron chi connectivity index (χ3n) is 3.31. The Morgan fingerprint density at radius 2 is 1.72 bits per heavy atom. The number of benzene rings is 2. The molecule has 0 unspecified atom stereocenters. The lowest BCUT2D eigenvalue weighted by atomic mass is 10.2. The Hall–Kier alpha value is -2.78. The van der Waals surface area contributed by atoms with Gasteiger partial charge in [0.25, 0.3) is 0 Å². The lowest BCUT2D eigenvalue weighted by Crippen LogP contribution is -2.53. The maximum Gasteiger partial charge on any atom is 0.204 e.